The van der Waals surface area contributed by atoms with Crippen molar-refractivity contribution >= 4 is 17.2 Å². The second kappa shape index (κ2) is 5.26. The monoisotopic (exact) mass is 305 g/mol. The number of rotatable bonds is 3. The van der Waals surface area contributed by atoms with Crippen molar-refractivity contribution < 1.29 is 9.32 Å². The molecule has 1 amide bonds. The van der Waals surface area contributed by atoms with Gasteiger partial charge in [-0.2, -0.15) is 4.98 Å². The van der Waals surface area contributed by atoms with Gasteiger partial charge in [-0.25, -0.2) is 0 Å². The molecule has 112 valence electrons. The van der Waals surface area contributed by atoms with Gasteiger partial charge in [-0.15, -0.1) is 11.3 Å². The van der Waals surface area contributed by atoms with Gasteiger partial charge in [0.05, 0.1) is 10.8 Å². The quantitative estimate of drug-likeness (QED) is 0.874. The second-order valence-electron chi connectivity index (χ2n) is 6.67. The van der Waals surface area contributed by atoms with Crippen molar-refractivity contribution in [3.63, 3.8) is 0 Å². The average Bonchev–Trinajstić information content (AvgIpc) is 2.93. The van der Waals surface area contributed by atoms with Crippen LogP contribution in [0.2, 0.25) is 0 Å². The summed E-state index contributed by atoms with van der Waals surface area (Å²) in [6.45, 7) is 7.59. The molecule has 1 saturated heterocycles. The Bertz CT molecular complexity index is 622. The summed E-state index contributed by atoms with van der Waals surface area (Å²) in [5, 5.41) is 6.00. The molecular formula is C15H19N3O2S. The maximum absolute atomic E-state index is 12.1. The van der Waals surface area contributed by atoms with E-state index >= 15 is 0 Å². The maximum Gasteiger partial charge on any atom is 0.233 e. The van der Waals surface area contributed by atoms with Crippen molar-refractivity contribution in [3.8, 4) is 10.7 Å². The average molecular weight is 305 g/mol. The summed E-state index contributed by atoms with van der Waals surface area (Å²) in [4.78, 5) is 19.4. The summed E-state index contributed by atoms with van der Waals surface area (Å²) in [5.74, 6) is 1.66. The summed E-state index contributed by atoms with van der Waals surface area (Å²) in [7, 11) is 0. The van der Waals surface area contributed by atoms with Crippen LogP contribution in [0.5, 0.6) is 0 Å². The van der Waals surface area contributed by atoms with Gasteiger partial charge in [-0.05, 0) is 16.9 Å². The van der Waals surface area contributed by atoms with Gasteiger partial charge in [0.1, 0.15) is 0 Å². The number of hydrogen-bond acceptors (Lipinski definition) is 5. The van der Waals surface area contributed by atoms with Crippen LogP contribution in [0.3, 0.4) is 0 Å². The Balaban J connectivity index is 1.58. The highest BCUT2D eigenvalue weighted by molar-refractivity contribution is 7.13. The lowest BCUT2D eigenvalue weighted by Crippen LogP contribution is -2.49. The number of nitrogens with zero attached hydrogens (tertiary/aromatic N) is 3. The summed E-state index contributed by atoms with van der Waals surface area (Å²) >= 11 is 1.59. The standard InChI is InChI=1S/C15H19N3O2S/c1-15(2,3)7-12(19)18-8-10(9-18)14-16-13(17-20-14)11-5-4-6-21-11/h4-6,10H,7-9H2,1-3H3. The third kappa shape index (κ3) is 3.15. The zero-order chi connectivity index (χ0) is 15.0. The van der Waals surface area contributed by atoms with Crippen molar-refractivity contribution in [1.82, 2.24) is 15.0 Å². The highest BCUT2D eigenvalue weighted by Crippen LogP contribution is 2.30. The Morgan fingerprint density at radius 2 is 2.24 bits per heavy atom. The molecule has 1 aliphatic rings. The molecular weight excluding hydrogens is 286 g/mol. The van der Waals surface area contributed by atoms with E-state index in [0.29, 0.717) is 31.2 Å². The molecule has 0 radical (unpaired) electrons. The van der Waals surface area contributed by atoms with Crippen LogP contribution in [0, 0.1) is 5.41 Å². The molecule has 5 nitrogen and oxygen atoms in total. The molecule has 0 atom stereocenters. The van der Waals surface area contributed by atoms with E-state index in [4.69, 9.17) is 4.52 Å². The molecule has 1 fully saturated rings. The van der Waals surface area contributed by atoms with E-state index in [-0.39, 0.29) is 17.2 Å². The molecule has 6 heteroatoms. The van der Waals surface area contributed by atoms with E-state index in [2.05, 4.69) is 30.9 Å². The normalized spacial score (nSPS) is 16.0. The molecule has 2 aromatic heterocycles. The highest BCUT2D eigenvalue weighted by atomic mass is 32.1. The summed E-state index contributed by atoms with van der Waals surface area (Å²) in [6, 6.07) is 3.94. The first-order chi connectivity index (χ1) is 9.92. The van der Waals surface area contributed by atoms with Gasteiger partial charge in [-0.3, -0.25) is 4.79 Å². The lowest BCUT2D eigenvalue weighted by Gasteiger charge is -2.38. The van der Waals surface area contributed by atoms with Gasteiger partial charge in [-0.1, -0.05) is 32.0 Å². The molecule has 0 aliphatic carbocycles. The van der Waals surface area contributed by atoms with Gasteiger partial charge in [0.25, 0.3) is 0 Å². The van der Waals surface area contributed by atoms with E-state index in [1.165, 1.54) is 0 Å². The van der Waals surface area contributed by atoms with Crippen LogP contribution in [0.1, 0.15) is 39.0 Å². The third-order valence-corrected chi connectivity index (χ3v) is 4.31. The Kier molecular flexibility index (Phi) is 3.57. The molecule has 0 aromatic carbocycles. The van der Waals surface area contributed by atoms with Crippen LogP contribution >= 0.6 is 11.3 Å². The van der Waals surface area contributed by atoms with Crippen molar-refractivity contribution in [2.75, 3.05) is 13.1 Å². The largest absolute Gasteiger partial charge is 0.341 e. The number of thiophene rings is 1. The first-order valence-electron chi connectivity index (χ1n) is 7.08. The molecule has 0 saturated carbocycles. The molecule has 0 N–H and O–H groups in total. The second-order valence-corrected chi connectivity index (χ2v) is 7.61. The Morgan fingerprint density at radius 3 is 2.86 bits per heavy atom. The molecule has 1 aliphatic heterocycles. The van der Waals surface area contributed by atoms with Crippen molar-refractivity contribution in [2.24, 2.45) is 5.41 Å². The van der Waals surface area contributed by atoms with E-state index in [1.807, 2.05) is 22.4 Å². The first-order valence-corrected chi connectivity index (χ1v) is 7.95. The van der Waals surface area contributed by atoms with Crippen LogP contribution in [0.4, 0.5) is 0 Å². The molecule has 3 heterocycles. The van der Waals surface area contributed by atoms with Crippen LogP contribution < -0.4 is 0 Å². The SMILES string of the molecule is CC(C)(C)CC(=O)N1CC(c2nc(-c3cccs3)no2)C1. The predicted octanol–water partition coefficient (Wildman–Crippen LogP) is 3.16. The maximum atomic E-state index is 12.1. The van der Waals surface area contributed by atoms with E-state index in [9.17, 15) is 4.79 Å². The smallest absolute Gasteiger partial charge is 0.233 e. The van der Waals surface area contributed by atoms with Crippen molar-refractivity contribution in [3.05, 3.63) is 23.4 Å². The fourth-order valence-corrected chi connectivity index (χ4v) is 2.96. The highest BCUT2D eigenvalue weighted by Gasteiger charge is 2.36. The fourth-order valence-electron chi connectivity index (χ4n) is 2.31. The minimum atomic E-state index is 0.0268. The van der Waals surface area contributed by atoms with Crippen LogP contribution in [0.15, 0.2) is 22.0 Å². The minimum absolute atomic E-state index is 0.0268. The minimum Gasteiger partial charge on any atom is -0.341 e. The van der Waals surface area contributed by atoms with Gasteiger partial charge < -0.3 is 9.42 Å². The third-order valence-electron chi connectivity index (χ3n) is 3.45. The first kappa shape index (κ1) is 14.3. The predicted molar refractivity (Wildman–Crippen MR) is 81.0 cm³/mol. The number of amides is 1. The molecule has 0 spiro atoms. The molecule has 0 unspecified atom stereocenters. The van der Waals surface area contributed by atoms with Gasteiger partial charge in [0.2, 0.25) is 17.6 Å². The van der Waals surface area contributed by atoms with Gasteiger partial charge >= 0.3 is 0 Å². The zero-order valence-corrected chi connectivity index (χ0v) is 13.3. The lowest BCUT2D eigenvalue weighted by atomic mass is 9.90. The van der Waals surface area contributed by atoms with Gasteiger partial charge in [0, 0.05) is 19.5 Å². The Hall–Kier alpha value is -1.69. The van der Waals surface area contributed by atoms with Crippen molar-refractivity contribution in [1.29, 1.82) is 0 Å². The topological polar surface area (TPSA) is 59.2 Å². The van der Waals surface area contributed by atoms with E-state index < -0.39 is 0 Å². The molecule has 3 rings (SSSR count). The van der Waals surface area contributed by atoms with Crippen LogP contribution in [-0.2, 0) is 4.79 Å². The Morgan fingerprint density at radius 1 is 1.48 bits per heavy atom. The zero-order valence-electron chi connectivity index (χ0n) is 12.5. The number of hydrogen-bond donors (Lipinski definition) is 0. The van der Waals surface area contributed by atoms with E-state index in [1.54, 1.807) is 11.3 Å². The summed E-state index contributed by atoms with van der Waals surface area (Å²) < 4.78 is 5.33. The van der Waals surface area contributed by atoms with Gasteiger partial charge in [0.15, 0.2) is 0 Å². The lowest BCUT2D eigenvalue weighted by molar-refractivity contribution is -0.137. The molecule has 21 heavy (non-hydrogen) atoms. The fraction of sp³-hybridized carbons (Fsp3) is 0.533. The summed E-state index contributed by atoms with van der Waals surface area (Å²) in [6.07, 6.45) is 0.573. The molecule has 2 aromatic rings. The van der Waals surface area contributed by atoms with Crippen LogP contribution in [0.25, 0.3) is 10.7 Å². The number of carbonyl (C=O) groups excluding carboxylic acids is 1. The number of carbonyl (C=O) groups is 1. The number of aromatic nitrogens is 2. The molecule has 0 bridgehead atoms. The van der Waals surface area contributed by atoms with E-state index in [0.717, 1.165) is 4.88 Å². The van der Waals surface area contributed by atoms with Crippen LogP contribution in [-0.4, -0.2) is 34.0 Å². The summed E-state index contributed by atoms with van der Waals surface area (Å²) in [5.41, 5.74) is 0.0268. The van der Waals surface area contributed by atoms with Crippen molar-refractivity contribution in [2.45, 2.75) is 33.1 Å². The Labute approximate surface area is 128 Å². The number of likely N-dealkylation sites (tertiary alicyclic amines) is 1.